The van der Waals surface area contributed by atoms with E-state index in [4.69, 9.17) is 16.3 Å². The first-order valence-corrected chi connectivity index (χ1v) is 9.31. The molecule has 0 radical (unpaired) electrons. The fraction of sp³-hybridized carbons (Fsp3) is 0.190. The predicted molar refractivity (Wildman–Crippen MR) is 108 cm³/mol. The van der Waals surface area contributed by atoms with Gasteiger partial charge in [-0.05, 0) is 48.4 Å². The fourth-order valence-corrected chi connectivity index (χ4v) is 2.61. The molecule has 3 rings (SSSR count). The summed E-state index contributed by atoms with van der Waals surface area (Å²) < 4.78 is 6.92. The summed E-state index contributed by atoms with van der Waals surface area (Å²) in [5, 5.41) is 7.72. The van der Waals surface area contributed by atoms with Crippen molar-refractivity contribution >= 4 is 17.5 Å². The van der Waals surface area contributed by atoms with Crippen molar-refractivity contribution in [3.8, 4) is 11.6 Å². The molecule has 0 spiro atoms. The quantitative estimate of drug-likeness (QED) is 0.661. The highest BCUT2D eigenvalue weighted by Gasteiger charge is 2.08. The number of ether oxygens (including phenoxy) is 1. The maximum atomic E-state index is 12.2. The summed E-state index contributed by atoms with van der Waals surface area (Å²) in [7, 11) is 0. The molecule has 1 amide bonds. The van der Waals surface area contributed by atoms with Gasteiger partial charge in [-0.25, -0.2) is 0 Å². The first kappa shape index (κ1) is 19.6. The van der Waals surface area contributed by atoms with E-state index in [1.54, 1.807) is 36.4 Å². The fourth-order valence-electron chi connectivity index (χ4n) is 2.49. The van der Waals surface area contributed by atoms with E-state index in [2.05, 4.69) is 10.4 Å². The molecule has 0 aliphatic carbocycles. The van der Waals surface area contributed by atoms with Crippen LogP contribution >= 0.6 is 11.6 Å². The molecule has 28 heavy (non-hydrogen) atoms. The Bertz CT molecular complexity index is 999. The third-order valence-corrected chi connectivity index (χ3v) is 4.24. The molecule has 0 unspecified atom stereocenters. The minimum Gasteiger partial charge on any atom is -0.472 e. The van der Waals surface area contributed by atoms with E-state index in [9.17, 15) is 9.59 Å². The second-order valence-corrected chi connectivity index (χ2v) is 6.58. The maximum Gasteiger partial charge on any atom is 0.271 e. The summed E-state index contributed by atoms with van der Waals surface area (Å²) in [6.07, 6.45) is 0.867. The van der Waals surface area contributed by atoms with Crippen molar-refractivity contribution in [2.45, 2.75) is 20.0 Å². The SMILES string of the molecule is CCCNC(=O)c1ccc(-n2nc(OCc3ccc(Cl)cc3)ccc2=O)cc1. The molecular weight excluding hydrogens is 378 g/mol. The van der Waals surface area contributed by atoms with Crippen molar-refractivity contribution in [1.82, 2.24) is 15.1 Å². The molecule has 0 saturated carbocycles. The van der Waals surface area contributed by atoms with Gasteiger partial charge in [0.25, 0.3) is 11.5 Å². The van der Waals surface area contributed by atoms with Crippen molar-refractivity contribution in [2.24, 2.45) is 0 Å². The summed E-state index contributed by atoms with van der Waals surface area (Å²) >= 11 is 5.87. The van der Waals surface area contributed by atoms with Gasteiger partial charge in [-0.15, -0.1) is 5.10 Å². The first-order chi connectivity index (χ1) is 13.6. The van der Waals surface area contributed by atoms with Gasteiger partial charge in [-0.1, -0.05) is 30.7 Å². The second-order valence-electron chi connectivity index (χ2n) is 6.14. The molecule has 0 aliphatic rings. The van der Waals surface area contributed by atoms with Gasteiger partial charge >= 0.3 is 0 Å². The highest BCUT2D eigenvalue weighted by atomic mass is 35.5. The van der Waals surface area contributed by atoms with Crippen LogP contribution in [0.1, 0.15) is 29.3 Å². The molecule has 0 bridgehead atoms. The summed E-state index contributed by atoms with van der Waals surface area (Å²) in [6.45, 7) is 2.91. The first-order valence-electron chi connectivity index (χ1n) is 8.93. The van der Waals surface area contributed by atoms with Gasteiger partial charge in [-0.3, -0.25) is 9.59 Å². The van der Waals surface area contributed by atoms with E-state index in [1.807, 2.05) is 19.1 Å². The van der Waals surface area contributed by atoms with Crippen LogP contribution in [-0.4, -0.2) is 22.2 Å². The summed E-state index contributed by atoms with van der Waals surface area (Å²) in [5.74, 6) is 0.174. The van der Waals surface area contributed by atoms with Gasteiger partial charge < -0.3 is 10.1 Å². The Kier molecular flexibility index (Phi) is 6.45. The molecule has 3 aromatic rings. The van der Waals surface area contributed by atoms with Gasteiger partial charge in [0.15, 0.2) is 0 Å². The van der Waals surface area contributed by atoms with E-state index in [0.717, 1.165) is 12.0 Å². The monoisotopic (exact) mass is 397 g/mol. The minimum absolute atomic E-state index is 0.145. The van der Waals surface area contributed by atoms with Gasteiger partial charge in [0.2, 0.25) is 5.88 Å². The number of hydrogen-bond acceptors (Lipinski definition) is 4. The van der Waals surface area contributed by atoms with E-state index < -0.39 is 0 Å². The number of amides is 1. The number of aromatic nitrogens is 2. The molecule has 0 aliphatic heterocycles. The molecule has 6 nitrogen and oxygen atoms in total. The Hall–Kier alpha value is -3.12. The van der Waals surface area contributed by atoms with Crippen LogP contribution < -0.4 is 15.6 Å². The molecular formula is C21H20ClN3O3. The van der Waals surface area contributed by atoms with Gasteiger partial charge in [-0.2, -0.15) is 4.68 Å². The van der Waals surface area contributed by atoms with Crippen molar-refractivity contribution in [2.75, 3.05) is 6.54 Å². The van der Waals surface area contributed by atoms with E-state index in [0.29, 0.717) is 35.3 Å². The summed E-state index contributed by atoms with van der Waals surface area (Å²) in [6, 6.07) is 16.9. The number of carbonyl (C=O) groups excluding carboxylic acids is 1. The molecule has 7 heteroatoms. The average Bonchev–Trinajstić information content (AvgIpc) is 2.72. The lowest BCUT2D eigenvalue weighted by molar-refractivity contribution is 0.0953. The normalized spacial score (nSPS) is 10.5. The molecule has 1 heterocycles. The molecule has 1 N–H and O–H groups in total. The standard InChI is InChI=1S/C21H20ClN3O3/c1-2-13-23-21(27)16-5-9-18(10-6-16)25-20(26)12-11-19(24-25)28-14-15-3-7-17(22)8-4-15/h3-12H,2,13-14H2,1H3,(H,23,27). The maximum absolute atomic E-state index is 12.2. The van der Waals surface area contributed by atoms with Crippen molar-refractivity contribution in [3.05, 3.63) is 87.2 Å². The molecule has 0 fully saturated rings. The number of benzene rings is 2. The van der Waals surface area contributed by atoms with Gasteiger partial charge in [0.05, 0.1) is 5.69 Å². The average molecular weight is 398 g/mol. The van der Waals surface area contributed by atoms with Crippen LogP contribution in [0.4, 0.5) is 0 Å². The van der Waals surface area contributed by atoms with E-state index in [-0.39, 0.29) is 11.5 Å². The van der Waals surface area contributed by atoms with Crippen molar-refractivity contribution in [3.63, 3.8) is 0 Å². The third-order valence-electron chi connectivity index (χ3n) is 3.99. The van der Waals surface area contributed by atoms with Crippen LogP contribution in [0.2, 0.25) is 5.02 Å². The summed E-state index contributed by atoms with van der Waals surface area (Å²) in [5.41, 5.74) is 1.72. The molecule has 0 atom stereocenters. The Labute approximate surface area is 167 Å². The number of rotatable bonds is 7. The Morgan fingerprint density at radius 1 is 1.07 bits per heavy atom. The Balaban J connectivity index is 1.74. The highest BCUT2D eigenvalue weighted by molar-refractivity contribution is 6.30. The number of hydrogen-bond donors (Lipinski definition) is 1. The number of nitrogens with one attached hydrogen (secondary N) is 1. The van der Waals surface area contributed by atoms with Gasteiger partial charge in [0, 0.05) is 29.3 Å². The molecule has 0 saturated heterocycles. The zero-order valence-corrected chi connectivity index (χ0v) is 16.1. The van der Waals surface area contributed by atoms with Crippen LogP contribution in [0.25, 0.3) is 5.69 Å². The van der Waals surface area contributed by atoms with E-state index in [1.165, 1.54) is 16.8 Å². The van der Waals surface area contributed by atoms with E-state index >= 15 is 0 Å². The molecule has 1 aromatic heterocycles. The highest BCUT2D eigenvalue weighted by Crippen LogP contribution is 2.13. The Morgan fingerprint density at radius 3 is 2.46 bits per heavy atom. The van der Waals surface area contributed by atoms with Gasteiger partial charge in [0.1, 0.15) is 6.61 Å². The zero-order valence-electron chi connectivity index (χ0n) is 15.4. The van der Waals surface area contributed by atoms with Crippen LogP contribution in [0.5, 0.6) is 5.88 Å². The molecule has 144 valence electrons. The molecule has 2 aromatic carbocycles. The van der Waals surface area contributed by atoms with Crippen LogP contribution in [0.3, 0.4) is 0 Å². The van der Waals surface area contributed by atoms with Crippen molar-refractivity contribution < 1.29 is 9.53 Å². The van der Waals surface area contributed by atoms with Crippen LogP contribution in [-0.2, 0) is 6.61 Å². The Morgan fingerprint density at radius 2 is 1.79 bits per heavy atom. The number of nitrogens with zero attached hydrogens (tertiary/aromatic N) is 2. The number of halogens is 1. The van der Waals surface area contributed by atoms with Crippen LogP contribution in [0.15, 0.2) is 65.5 Å². The third kappa shape index (κ3) is 4.98. The minimum atomic E-state index is -0.290. The number of carbonyl (C=O) groups is 1. The summed E-state index contributed by atoms with van der Waals surface area (Å²) in [4.78, 5) is 24.2. The lowest BCUT2D eigenvalue weighted by atomic mass is 10.2. The van der Waals surface area contributed by atoms with Crippen LogP contribution in [0, 0.1) is 0 Å². The lowest BCUT2D eigenvalue weighted by Gasteiger charge is -2.09. The topological polar surface area (TPSA) is 73.2 Å². The lowest BCUT2D eigenvalue weighted by Crippen LogP contribution is -2.24. The second kappa shape index (κ2) is 9.19. The van der Waals surface area contributed by atoms with Crippen molar-refractivity contribution in [1.29, 1.82) is 0 Å². The zero-order chi connectivity index (χ0) is 19.9. The largest absolute Gasteiger partial charge is 0.472 e. The smallest absolute Gasteiger partial charge is 0.271 e. The predicted octanol–water partition coefficient (Wildman–Crippen LogP) is 3.60.